The molecule has 22 heavy (non-hydrogen) atoms. The Morgan fingerprint density at radius 2 is 1.59 bits per heavy atom. The first-order valence-electron chi connectivity index (χ1n) is 8.61. The Balaban J connectivity index is 2.16. The molecule has 5 nitrogen and oxygen atoms in total. The molecule has 6 heteroatoms. The summed E-state index contributed by atoms with van der Waals surface area (Å²) < 4.78 is 26.0. The smallest absolute Gasteiger partial charge is 0.241 e. The number of piperidine rings is 1. The van der Waals surface area contributed by atoms with E-state index in [1.807, 2.05) is 13.8 Å². The van der Waals surface area contributed by atoms with E-state index in [1.165, 1.54) is 0 Å². The van der Waals surface area contributed by atoms with Crippen LogP contribution in [0.3, 0.4) is 0 Å². The summed E-state index contributed by atoms with van der Waals surface area (Å²) in [6.45, 7) is 4.87. The Kier molecular flexibility index (Phi) is 5.88. The van der Waals surface area contributed by atoms with E-state index in [4.69, 9.17) is 5.73 Å². The second kappa shape index (κ2) is 7.30. The second-order valence-corrected chi connectivity index (χ2v) is 9.53. The minimum absolute atomic E-state index is 0.136. The van der Waals surface area contributed by atoms with Gasteiger partial charge in [-0.05, 0) is 31.6 Å². The molecule has 1 amide bonds. The number of rotatable bonds is 4. The van der Waals surface area contributed by atoms with Gasteiger partial charge < -0.3 is 10.6 Å². The van der Waals surface area contributed by atoms with Gasteiger partial charge >= 0.3 is 0 Å². The van der Waals surface area contributed by atoms with Crippen LogP contribution in [-0.2, 0) is 14.6 Å². The average Bonchev–Trinajstić information content (AvgIpc) is 2.48. The Labute approximate surface area is 134 Å². The van der Waals surface area contributed by atoms with E-state index < -0.39 is 15.1 Å². The molecule has 1 unspecified atom stereocenters. The summed E-state index contributed by atoms with van der Waals surface area (Å²) in [5.41, 5.74) is 5.88. The van der Waals surface area contributed by atoms with Gasteiger partial charge in [-0.25, -0.2) is 8.42 Å². The minimum Gasteiger partial charge on any atom is -0.341 e. The molecule has 2 fully saturated rings. The van der Waals surface area contributed by atoms with Gasteiger partial charge in [0.25, 0.3) is 0 Å². The molecule has 1 aliphatic carbocycles. The van der Waals surface area contributed by atoms with Crippen LogP contribution >= 0.6 is 0 Å². The minimum atomic E-state index is -3.41. The Morgan fingerprint density at radius 3 is 2.09 bits per heavy atom. The van der Waals surface area contributed by atoms with Crippen molar-refractivity contribution in [3.05, 3.63) is 0 Å². The van der Waals surface area contributed by atoms with Gasteiger partial charge in [0.15, 0.2) is 9.84 Å². The van der Waals surface area contributed by atoms with Gasteiger partial charge in [0.05, 0.1) is 5.25 Å². The van der Waals surface area contributed by atoms with Crippen molar-refractivity contribution in [2.75, 3.05) is 13.1 Å². The van der Waals surface area contributed by atoms with Crippen molar-refractivity contribution in [2.24, 2.45) is 11.7 Å². The van der Waals surface area contributed by atoms with Crippen LogP contribution in [0.15, 0.2) is 0 Å². The van der Waals surface area contributed by atoms with Gasteiger partial charge in [-0.1, -0.05) is 33.1 Å². The first-order chi connectivity index (χ1) is 10.3. The summed E-state index contributed by atoms with van der Waals surface area (Å²) in [6, 6.07) is 0.136. The highest BCUT2D eigenvalue weighted by Crippen LogP contribution is 2.30. The number of carbonyl (C=O) groups excluding carboxylic acids is 1. The van der Waals surface area contributed by atoms with Gasteiger partial charge in [-0.3, -0.25) is 4.79 Å². The van der Waals surface area contributed by atoms with Crippen LogP contribution in [0.4, 0.5) is 0 Å². The third-order valence-electron chi connectivity index (χ3n) is 5.07. The predicted molar refractivity (Wildman–Crippen MR) is 88.2 cm³/mol. The molecule has 1 saturated carbocycles. The fourth-order valence-electron chi connectivity index (χ4n) is 3.71. The van der Waals surface area contributed by atoms with E-state index in [-0.39, 0.29) is 23.1 Å². The fourth-order valence-corrected chi connectivity index (χ4v) is 6.30. The van der Waals surface area contributed by atoms with Crippen LogP contribution in [0.5, 0.6) is 0 Å². The number of amides is 1. The molecule has 1 aliphatic heterocycles. The molecule has 0 aromatic heterocycles. The third-order valence-corrected chi connectivity index (χ3v) is 7.93. The normalized spacial score (nSPS) is 23.7. The molecule has 128 valence electrons. The second-order valence-electron chi connectivity index (χ2n) is 7.18. The number of likely N-dealkylation sites (tertiary alicyclic amines) is 1. The highest BCUT2D eigenvalue weighted by atomic mass is 32.2. The van der Waals surface area contributed by atoms with Crippen molar-refractivity contribution in [1.29, 1.82) is 0 Å². The zero-order valence-corrected chi connectivity index (χ0v) is 14.6. The number of sulfone groups is 1. The van der Waals surface area contributed by atoms with E-state index >= 15 is 0 Å². The van der Waals surface area contributed by atoms with Crippen molar-refractivity contribution >= 4 is 15.7 Å². The molecule has 0 aromatic carbocycles. The summed E-state index contributed by atoms with van der Waals surface area (Å²) in [4.78, 5) is 14.6. The standard InChI is InChI=1S/C16H30N2O3S/c1-12(2)15(16(19)18-10-8-13(17)9-11-18)22(20,21)14-6-4-3-5-7-14/h12-15H,3-11,17H2,1-2H3. The number of nitrogens with two attached hydrogens (primary N) is 1. The molecule has 2 N–H and O–H groups in total. The fraction of sp³-hybridized carbons (Fsp3) is 0.938. The summed E-state index contributed by atoms with van der Waals surface area (Å²) in [7, 11) is -3.41. The predicted octanol–water partition coefficient (Wildman–Crippen LogP) is 1.71. The Bertz CT molecular complexity index is 476. The topological polar surface area (TPSA) is 80.5 Å². The van der Waals surface area contributed by atoms with E-state index in [9.17, 15) is 13.2 Å². The van der Waals surface area contributed by atoms with Gasteiger partial charge in [0.2, 0.25) is 5.91 Å². The summed E-state index contributed by atoms with van der Waals surface area (Å²) in [5, 5.41) is -1.21. The van der Waals surface area contributed by atoms with Gasteiger partial charge in [-0.15, -0.1) is 0 Å². The summed E-state index contributed by atoms with van der Waals surface area (Å²) >= 11 is 0. The number of hydrogen-bond acceptors (Lipinski definition) is 4. The average molecular weight is 330 g/mol. The molecular formula is C16H30N2O3S. The van der Waals surface area contributed by atoms with Crippen molar-refractivity contribution in [3.63, 3.8) is 0 Å². The molecule has 0 aromatic rings. The molecule has 2 rings (SSSR count). The van der Waals surface area contributed by atoms with Crippen LogP contribution in [0.2, 0.25) is 0 Å². The summed E-state index contributed by atoms with van der Waals surface area (Å²) in [5.74, 6) is -0.387. The molecule has 1 atom stereocenters. The summed E-state index contributed by atoms with van der Waals surface area (Å²) in [6.07, 6.45) is 5.98. The molecule has 1 saturated heterocycles. The molecular weight excluding hydrogens is 300 g/mol. The van der Waals surface area contributed by atoms with Crippen molar-refractivity contribution in [2.45, 2.75) is 75.3 Å². The molecule has 1 heterocycles. The third kappa shape index (κ3) is 3.82. The SMILES string of the molecule is CC(C)C(C(=O)N1CCC(N)CC1)S(=O)(=O)C1CCCCC1. The van der Waals surface area contributed by atoms with Crippen LogP contribution in [0.1, 0.15) is 58.8 Å². The lowest BCUT2D eigenvalue weighted by Gasteiger charge is -2.35. The van der Waals surface area contributed by atoms with E-state index in [1.54, 1.807) is 4.90 Å². The lowest BCUT2D eigenvalue weighted by atomic mass is 10.0. The zero-order chi connectivity index (χ0) is 16.3. The van der Waals surface area contributed by atoms with Crippen molar-refractivity contribution in [3.8, 4) is 0 Å². The Hall–Kier alpha value is -0.620. The van der Waals surface area contributed by atoms with Crippen molar-refractivity contribution < 1.29 is 13.2 Å². The van der Waals surface area contributed by atoms with E-state index in [0.29, 0.717) is 25.9 Å². The molecule has 0 spiro atoms. The van der Waals surface area contributed by atoms with Crippen LogP contribution in [0, 0.1) is 5.92 Å². The van der Waals surface area contributed by atoms with Crippen molar-refractivity contribution in [1.82, 2.24) is 4.90 Å². The Morgan fingerprint density at radius 1 is 1.05 bits per heavy atom. The maximum absolute atomic E-state index is 13.0. The largest absolute Gasteiger partial charge is 0.341 e. The molecule has 2 aliphatic rings. The van der Waals surface area contributed by atoms with Gasteiger partial charge in [0, 0.05) is 19.1 Å². The number of nitrogens with zero attached hydrogens (tertiary/aromatic N) is 1. The van der Waals surface area contributed by atoms with Crippen LogP contribution in [-0.4, -0.2) is 48.9 Å². The van der Waals surface area contributed by atoms with Crippen LogP contribution in [0.25, 0.3) is 0 Å². The van der Waals surface area contributed by atoms with E-state index in [0.717, 1.165) is 32.1 Å². The van der Waals surface area contributed by atoms with E-state index in [2.05, 4.69) is 0 Å². The monoisotopic (exact) mass is 330 g/mol. The number of carbonyl (C=O) groups is 1. The quantitative estimate of drug-likeness (QED) is 0.851. The molecule has 0 radical (unpaired) electrons. The highest BCUT2D eigenvalue weighted by molar-refractivity contribution is 7.93. The lowest BCUT2D eigenvalue weighted by molar-refractivity contribution is -0.132. The van der Waals surface area contributed by atoms with Gasteiger partial charge in [-0.2, -0.15) is 0 Å². The van der Waals surface area contributed by atoms with Crippen LogP contribution < -0.4 is 5.73 Å². The zero-order valence-electron chi connectivity index (χ0n) is 13.8. The maximum Gasteiger partial charge on any atom is 0.241 e. The first kappa shape index (κ1) is 17.7. The van der Waals surface area contributed by atoms with Gasteiger partial charge in [0.1, 0.15) is 5.25 Å². The highest BCUT2D eigenvalue weighted by Gasteiger charge is 2.43. The first-order valence-corrected chi connectivity index (χ1v) is 10.2. The maximum atomic E-state index is 13.0. The number of hydrogen-bond donors (Lipinski definition) is 1. The lowest BCUT2D eigenvalue weighted by Crippen LogP contribution is -2.52. The molecule has 0 bridgehead atoms.